The number of carbonyl (C=O) groups excluding carboxylic acids is 1. The molecular weight excluding hydrogens is 308 g/mol. The van der Waals surface area contributed by atoms with Crippen molar-refractivity contribution in [2.75, 3.05) is 0 Å². The van der Waals surface area contributed by atoms with Gasteiger partial charge in [0.25, 0.3) is 0 Å². The minimum atomic E-state index is -1.33. The van der Waals surface area contributed by atoms with Crippen LogP contribution >= 0.6 is 0 Å². The molecule has 6 heteroatoms. The number of aliphatic hydroxyl groups excluding tert-OH is 2. The van der Waals surface area contributed by atoms with Crippen LogP contribution in [0.15, 0.2) is 48.2 Å². The molecule has 1 atom stereocenters. The third-order valence-corrected chi connectivity index (χ3v) is 3.84. The molecule has 0 aromatic heterocycles. The molecule has 4 N–H and O–H groups in total. The fourth-order valence-electron chi connectivity index (χ4n) is 2.57. The molecule has 3 rings (SSSR count). The number of Topliss-reactive ketones (excluding diaryl/α,β-unsaturated/α-hetero) is 1. The Kier molecular flexibility index (Phi) is 3.94. The van der Waals surface area contributed by atoms with Gasteiger partial charge in [-0.15, -0.1) is 0 Å². The quantitative estimate of drug-likeness (QED) is 0.799. The fraction of sp³-hybridized carbons (Fsp3) is 0.111. The molecule has 2 aromatic rings. The van der Waals surface area contributed by atoms with Crippen molar-refractivity contribution in [3.63, 3.8) is 0 Å². The second-order valence-electron chi connectivity index (χ2n) is 5.32. The lowest BCUT2D eigenvalue weighted by Crippen LogP contribution is -2.37. The predicted octanol–water partition coefficient (Wildman–Crippen LogP) is 2.45. The number of rotatable bonds is 3. The van der Waals surface area contributed by atoms with Crippen molar-refractivity contribution in [2.24, 2.45) is 5.73 Å². The van der Waals surface area contributed by atoms with Gasteiger partial charge in [0.05, 0.1) is 5.56 Å². The summed E-state index contributed by atoms with van der Waals surface area (Å²) in [6.45, 7) is 0.220. The van der Waals surface area contributed by atoms with Gasteiger partial charge in [0.15, 0.2) is 17.3 Å². The van der Waals surface area contributed by atoms with Crippen molar-refractivity contribution in [3.05, 3.63) is 70.5 Å². The summed E-state index contributed by atoms with van der Waals surface area (Å²) in [5.41, 5.74) is 6.48. The molecular formula is C18H14N2O4. The molecule has 120 valence electrons. The summed E-state index contributed by atoms with van der Waals surface area (Å²) in [5.74, 6) is -1.57. The minimum absolute atomic E-state index is 0.0206. The van der Waals surface area contributed by atoms with Gasteiger partial charge >= 0.3 is 0 Å². The predicted molar refractivity (Wildman–Crippen MR) is 86.4 cm³/mol. The van der Waals surface area contributed by atoms with Gasteiger partial charge in [0.1, 0.15) is 30.0 Å². The summed E-state index contributed by atoms with van der Waals surface area (Å²) in [5, 5.41) is 29.4. The topological polar surface area (TPSA) is 117 Å². The van der Waals surface area contributed by atoms with Gasteiger partial charge in [0, 0.05) is 5.56 Å². The molecule has 1 aliphatic carbocycles. The third-order valence-electron chi connectivity index (χ3n) is 3.84. The lowest BCUT2D eigenvalue weighted by molar-refractivity contribution is 0.0950. The van der Waals surface area contributed by atoms with Crippen molar-refractivity contribution in [1.29, 1.82) is 5.26 Å². The first-order valence-electron chi connectivity index (χ1n) is 7.20. The lowest BCUT2D eigenvalue weighted by Gasteiger charge is -2.22. The Morgan fingerprint density at radius 1 is 1.17 bits per heavy atom. The molecule has 2 aromatic carbocycles. The van der Waals surface area contributed by atoms with E-state index in [1.54, 1.807) is 0 Å². The SMILES string of the molecule is N#Cc1c(OCc2ccccc2)ccc2c1C(O)=C(O)C(N)C2=O. The Hall–Kier alpha value is -3.30. The van der Waals surface area contributed by atoms with E-state index < -0.39 is 23.3 Å². The summed E-state index contributed by atoms with van der Waals surface area (Å²) < 4.78 is 5.65. The third kappa shape index (κ3) is 2.47. The first-order valence-corrected chi connectivity index (χ1v) is 7.20. The number of ketones is 1. The Balaban J connectivity index is 2.03. The van der Waals surface area contributed by atoms with Crippen LogP contribution in [0.5, 0.6) is 5.75 Å². The number of ether oxygens (including phenoxy) is 1. The number of nitriles is 1. The zero-order chi connectivity index (χ0) is 17.3. The van der Waals surface area contributed by atoms with Crippen LogP contribution in [0.1, 0.15) is 27.0 Å². The summed E-state index contributed by atoms with van der Waals surface area (Å²) in [6.07, 6.45) is 0. The van der Waals surface area contributed by atoms with Crippen molar-refractivity contribution in [3.8, 4) is 11.8 Å². The number of carbonyl (C=O) groups is 1. The largest absolute Gasteiger partial charge is 0.506 e. The highest BCUT2D eigenvalue weighted by atomic mass is 16.5. The number of benzene rings is 2. The molecule has 0 saturated heterocycles. The normalized spacial score (nSPS) is 16.5. The highest BCUT2D eigenvalue weighted by Gasteiger charge is 2.35. The molecule has 0 saturated carbocycles. The number of aliphatic hydroxyl groups is 2. The van der Waals surface area contributed by atoms with E-state index in [2.05, 4.69) is 0 Å². The van der Waals surface area contributed by atoms with Crippen LogP contribution in [0, 0.1) is 11.3 Å². The first-order chi connectivity index (χ1) is 11.5. The van der Waals surface area contributed by atoms with Crippen LogP contribution in [-0.2, 0) is 6.61 Å². The molecule has 1 aliphatic rings. The maximum Gasteiger partial charge on any atom is 0.188 e. The van der Waals surface area contributed by atoms with E-state index >= 15 is 0 Å². The molecule has 0 fully saturated rings. The van der Waals surface area contributed by atoms with Gasteiger partial charge < -0.3 is 20.7 Å². The van der Waals surface area contributed by atoms with Gasteiger partial charge in [-0.3, -0.25) is 4.79 Å². The Morgan fingerprint density at radius 2 is 1.88 bits per heavy atom. The molecule has 0 spiro atoms. The number of fused-ring (bicyclic) bond motifs is 1. The highest BCUT2D eigenvalue weighted by molar-refractivity contribution is 6.09. The smallest absolute Gasteiger partial charge is 0.188 e. The second-order valence-corrected chi connectivity index (χ2v) is 5.32. The highest BCUT2D eigenvalue weighted by Crippen LogP contribution is 2.35. The van der Waals surface area contributed by atoms with Crippen molar-refractivity contribution < 1.29 is 19.7 Å². The maximum absolute atomic E-state index is 12.2. The van der Waals surface area contributed by atoms with Crippen LogP contribution in [0.3, 0.4) is 0 Å². The first kappa shape index (κ1) is 15.6. The zero-order valence-electron chi connectivity index (χ0n) is 12.6. The van der Waals surface area contributed by atoms with E-state index in [4.69, 9.17) is 10.5 Å². The number of hydrogen-bond acceptors (Lipinski definition) is 6. The average Bonchev–Trinajstić information content (AvgIpc) is 2.62. The molecule has 0 heterocycles. The molecule has 6 nitrogen and oxygen atoms in total. The fourth-order valence-corrected chi connectivity index (χ4v) is 2.57. The number of nitrogens with zero attached hydrogens (tertiary/aromatic N) is 1. The Bertz CT molecular complexity index is 882. The molecule has 0 bridgehead atoms. The van der Waals surface area contributed by atoms with Crippen LogP contribution in [0.4, 0.5) is 0 Å². The average molecular weight is 322 g/mol. The maximum atomic E-state index is 12.2. The Morgan fingerprint density at radius 3 is 2.54 bits per heavy atom. The van der Waals surface area contributed by atoms with E-state index in [0.29, 0.717) is 0 Å². The lowest BCUT2D eigenvalue weighted by atomic mass is 9.87. The molecule has 1 unspecified atom stereocenters. The second kappa shape index (κ2) is 6.07. The summed E-state index contributed by atoms with van der Waals surface area (Å²) in [4.78, 5) is 12.2. The zero-order valence-corrected chi connectivity index (χ0v) is 12.6. The minimum Gasteiger partial charge on any atom is -0.506 e. The van der Waals surface area contributed by atoms with Crippen molar-refractivity contribution in [1.82, 2.24) is 0 Å². The summed E-state index contributed by atoms with van der Waals surface area (Å²) in [7, 11) is 0. The summed E-state index contributed by atoms with van der Waals surface area (Å²) in [6, 6.07) is 12.9. The Labute approximate surface area is 138 Å². The summed E-state index contributed by atoms with van der Waals surface area (Å²) >= 11 is 0. The van der Waals surface area contributed by atoms with Gasteiger partial charge in [-0.1, -0.05) is 30.3 Å². The standard InChI is InChI=1S/C18H14N2O4/c19-8-12-13(24-9-10-4-2-1-3-5-10)7-6-11-14(12)17(22)18(23)15(20)16(11)21/h1-7,15,22-23H,9,20H2. The van der Waals surface area contributed by atoms with E-state index in [-0.39, 0.29) is 29.0 Å². The van der Waals surface area contributed by atoms with Gasteiger partial charge in [-0.25, -0.2) is 0 Å². The van der Waals surface area contributed by atoms with Gasteiger partial charge in [0.2, 0.25) is 0 Å². The number of nitrogens with two attached hydrogens (primary N) is 1. The van der Waals surface area contributed by atoms with E-state index in [1.807, 2.05) is 36.4 Å². The van der Waals surface area contributed by atoms with Crippen LogP contribution in [0.2, 0.25) is 0 Å². The molecule has 24 heavy (non-hydrogen) atoms. The van der Waals surface area contributed by atoms with Crippen LogP contribution in [-0.4, -0.2) is 22.0 Å². The molecule has 0 amide bonds. The number of hydrogen-bond donors (Lipinski definition) is 3. The van der Waals surface area contributed by atoms with E-state index in [0.717, 1.165) is 5.56 Å². The monoisotopic (exact) mass is 322 g/mol. The van der Waals surface area contributed by atoms with Gasteiger partial charge in [-0.2, -0.15) is 5.26 Å². The molecule has 0 radical (unpaired) electrons. The van der Waals surface area contributed by atoms with Gasteiger partial charge in [-0.05, 0) is 17.7 Å². The van der Waals surface area contributed by atoms with Crippen molar-refractivity contribution >= 4 is 11.5 Å². The van der Waals surface area contributed by atoms with E-state index in [1.165, 1.54) is 12.1 Å². The van der Waals surface area contributed by atoms with Crippen molar-refractivity contribution in [2.45, 2.75) is 12.6 Å². The van der Waals surface area contributed by atoms with E-state index in [9.17, 15) is 20.3 Å². The van der Waals surface area contributed by atoms with Crippen LogP contribution < -0.4 is 10.5 Å². The molecule has 0 aliphatic heterocycles. The van der Waals surface area contributed by atoms with Crippen LogP contribution in [0.25, 0.3) is 5.76 Å².